The first-order valence-corrected chi connectivity index (χ1v) is 6.23. The van der Waals surface area contributed by atoms with Crippen LogP contribution >= 0.6 is 0 Å². The van der Waals surface area contributed by atoms with Crippen molar-refractivity contribution >= 4 is 0 Å². The fraction of sp³-hybridized carbons (Fsp3) is 0.267. The lowest BCUT2D eigenvalue weighted by Crippen LogP contribution is -2.23. The Morgan fingerprint density at radius 1 is 1.16 bits per heavy atom. The molecule has 0 spiro atoms. The molecular formula is C15H17FN2O. The lowest BCUT2D eigenvalue weighted by molar-refractivity contribution is 0.452. The predicted molar refractivity (Wildman–Crippen MR) is 72.3 cm³/mol. The molecule has 0 aliphatic rings. The van der Waals surface area contributed by atoms with Gasteiger partial charge in [-0.25, -0.2) is 4.39 Å². The van der Waals surface area contributed by atoms with Crippen LogP contribution in [0.4, 0.5) is 4.39 Å². The van der Waals surface area contributed by atoms with Gasteiger partial charge in [-0.2, -0.15) is 0 Å². The zero-order valence-corrected chi connectivity index (χ0v) is 11.0. The number of phenols is 1. The summed E-state index contributed by atoms with van der Waals surface area (Å²) in [4.78, 5) is 4.27. The van der Waals surface area contributed by atoms with E-state index in [1.807, 2.05) is 32.0 Å². The van der Waals surface area contributed by atoms with Gasteiger partial charge in [-0.15, -0.1) is 0 Å². The minimum absolute atomic E-state index is 0.0180. The molecule has 0 fully saturated rings. The molecule has 0 radical (unpaired) electrons. The van der Waals surface area contributed by atoms with Crippen molar-refractivity contribution < 1.29 is 9.50 Å². The normalized spacial score (nSPS) is 14.1. The smallest absolute Gasteiger partial charge is 0.131 e. The van der Waals surface area contributed by atoms with Gasteiger partial charge in [0.15, 0.2) is 0 Å². The van der Waals surface area contributed by atoms with Crippen molar-refractivity contribution in [3.63, 3.8) is 0 Å². The van der Waals surface area contributed by atoms with E-state index >= 15 is 0 Å². The Hall–Kier alpha value is -1.94. The Balaban J connectivity index is 2.10. The molecule has 0 amide bonds. The van der Waals surface area contributed by atoms with E-state index in [1.165, 1.54) is 6.07 Å². The molecule has 19 heavy (non-hydrogen) atoms. The highest BCUT2D eigenvalue weighted by atomic mass is 19.1. The number of pyridine rings is 1. The molecule has 0 saturated carbocycles. The maximum Gasteiger partial charge on any atom is 0.131 e. The molecule has 1 heterocycles. The highest BCUT2D eigenvalue weighted by Gasteiger charge is 2.15. The lowest BCUT2D eigenvalue weighted by atomic mass is 10.1. The second kappa shape index (κ2) is 5.80. The predicted octanol–water partition coefficient (Wildman–Crippen LogP) is 3.34. The van der Waals surface area contributed by atoms with E-state index in [9.17, 15) is 9.50 Å². The van der Waals surface area contributed by atoms with Crippen molar-refractivity contribution in [2.45, 2.75) is 25.9 Å². The molecule has 3 nitrogen and oxygen atoms in total. The van der Waals surface area contributed by atoms with E-state index in [0.29, 0.717) is 5.56 Å². The third-order valence-corrected chi connectivity index (χ3v) is 3.08. The van der Waals surface area contributed by atoms with Crippen LogP contribution in [0.1, 0.15) is 37.2 Å². The summed E-state index contributed by atoms with van der Waals surface area (Å²) in [7, 11) is 0. The van der Waals surface area contributed by atoms with Crippen molar-refractivity contribution in [1.82, 2.24) is 10.3 Å². The molecule has 1 unspecified atom stereocenters. The summed E-state index contributed by atoms with van der Waals surface area (Å²) < 4.78 is 13.7. The van der Waals surface area contributed by atoms with Crippen LogP contribution in [-0.4, -0.2) is 10.1 Å². The first-order chi connectivity index (χ1) is 9.08. The highest BCUT2D eigenvalue weighted by Crippen LogP contribution is 2.23. The van der Waals surface area contributed by atoms with E-state index in [-0.39, 0.29) is 17.8 Å². The van der Waals surface area contributed by atoms with Crippen LogP contribution in [0.25, 0.3) is 0 Å². The average Bonchev–Trinajstić information content (AvgIpc) is 2.39. The van der Waals surface area contributed by atoms with Gasteiger partial charge in [-0.3, -0.25) is 4.98 Å². The van der Waals surface area contributed by atoms with Gasteiger partial charge < -0.3 is 10.4 Å². The van der Waals surface area contributed by atoms with Gasteiger partial charge in [0, 0.05) is 29.9 Å². The van der Waals surface area contributed by atoms with Gasteiger partial charge >= 0.3 is 0 Å². The van der Waals surface area contributed by atoms with E-state index < -0.39 is 5.82 Å². The van der Waals surface area contributed by atoms with E-state index in [0.717, 1.165) is 11.8 Å². The van der Waals surface area contributed by atoms with Crippen LogP contribution < -0.4 is 5.32 Å². The van der Waals surface area contributed by atoms with E-state index in [1.54, 1.807) is 12.3 Å². The molecule has 0 aliphatic heterocycles. The maximum atomic E-state index is 13.7. The third-order valence-electron chi connectivity index (χ3n) is 3.08. The van der Waals surface area contributed by atoms with Crippen molar-refractivity contribution in [1.29, 1.82) is 0 Å². The lowest BCUT2D eigenvalue weighted by Gasteiger charge is -2.20. The van der Waals surface area contributed by atoms with Gasteiger partial charge in [0.2, 0.25) is 0 Å². The third kappa shape index (κ3) is 3.29. The topological polar surface area (TPSA) is 45.2 Å². The molecule has 2 N–H and O–H groups in total. The zero-order valence-electron chi connectivity index (χ0n) is 11.0. The number of hydrogen-bond acceptors (Lipinski definition) is 3. The fourth-order valence-electron chi connectivity index (χ4n) is 2.05. The number of nitrogens with one attached hydrogen (secondary N) is 1. The number of aromatic nitrogens is 1. The zero-order chi connectivity index (χ0) is 13.8. The summed E-state index contributed by atoms with van der Waals surface area (Å²) in [5.41, 5.74) is 1.44. The van der Waals surface area contributed by atoms with Gasteiger partial charge in [0.05, 0.1) is 5.69 Å². The van der Waals surface area contributed by atoms with Gasteiger partial charge in [-0.1, -0.05) is 12.1 Å². The molecule has 2 rings (SSSR count). The average molecular weight is 260 g/mol. The van der Waals surface area contributed by atoms with Gasteiger partial charge in [-0.05, 0) is 32.0 Å². The largest absolute Gasteiger partial charge is 0.508 e. The van der Waals surface area contributed by atoms with Gasteiger partial charge in [0.1, 0.15) is 11.6 Å². The van der Waals surface area contributed by atoms with Crippen LogP contribution in [-0.2, 0) is 0 Å². The SMILES string of the molecule is CC(N[C@@H](C)c1ccccn1)c1ccc(O)cc1F. The summed E-state index contributed by atoms with van der Waals surface area (Å²) in [5, 5.41) is 12.5. The number of benzene rings is 1. The Bertz CT molecular complexity index is 545. The summed E-state index contributed by atoms with van der Waals surface area (Å²) >= 11 is 0. The number of nitrogens with zero attached hydrogens (tertiary/aromatic N) is 1. The molecule has 2 aromatic rings. The Morgan fingerprint density at radius 2 is 1.95 bits per heavy atom. The molecule has 0 saturated heterocycles. The van der Waals surface area contributed by atoms with Crippen LogP contribution in [0.5, 0.6) is 5.75 Å². The number of hydrogen-bond donors (Lipinski definition) is 2. The van der Waals surface area contributed by atoms with Crippen LogP contribution in [0.3, 0.4) is 0 Å². The van der Waals surface area contributed by atoms with Crippen LogP contribution in [0.15, 0.2) is 42.6 Å². The van der Waals surface area contributed by atoms with Crippen molar-refractivity contribution in [3.05, 3.63) is 59.7 Å². The molecule has 4 heteroatoms. The number of phenolic OH excluding ortho intramolecular Hbond substituents is 1. The van der Waals surface area contributed by atoms with Crippen LogP contribution in [0.2, 0.25) is 0 Å². The summed E-state index contributed by atoms with van der Waals surface area (Å²) in [6.45, 7) is 3.87. The first kappa shape index (κ1) is 13.5. The van der Waals surface area contributed by atoms with Crippen LogP contribution in [0, 0.1) is 5.82 Å². The standard InChI is InChI=1S/C15H17FN2O/c1-10(13-7-6-12(19)9-14(13)16)18-11(2)15-5-3-4-8-17-15/h3-11,18-19H,1-2H3/t10?,11-/m0/s1. The minimum atomic E-state index is -0.409. The van der Waals surface area contributed by atoms with E-state index in [2.05, 4.69) is 10.3 Å². The highest BCUT2D eigenvalue weighted by molar-refractivity contribution is 5.29. The Morgan fingerprint density at radius 3 is 2.58 bits per heavy atom. The molecule has 2 atom stereocenters. The maximum absolute atomic E-state index is 13.7. The van der Waals surface area contributed by atoms with Crippen molar-refractivity contribution in [2.75, 3.05) is 0 Å². The Labute approximate surface area is 112 Å². The summed E-state index contributed by atoms with van der Waals surface area (Å²) in [6.07, 6.45) is 1.74. The summed E-state index contributed by atoms with van der Waals surface area (Å²) in [6, 6.07) is 9.76. The second-order valence-corrected chi connectivity index (χ2v) is 4.57. The number of rotatable bonds is 4. The van der Waals surface area contributed by atoms with Crippen molar-refractivity contribution in [3.8, 4) is 5.75 Å². The quantitative estimate of drug-likeness (QED) is 0.886. The molecule has 1 aromatic heterocycles. The minimum Gasteiger partial charge on any atom is -0.508 e. The molecule has 0 aliphatic carbocycles. The molecule has 1 aromatic carbocycles. The summed E-state index contributed by atoms with van der Waals surface area (Å²) in [5.74, 6) is -0.473. The molecule has 0 bridgehead atoms. The Kier molecular flexibility index (Phi) is 4.12. The molecular weight excluding hydrogens is 243 g/mol. The fourth-order valence-corrected chi connectivity index (χ4v) is 2.05. The number of aromatic hydroxyl groups is 1. The van der Waals surface area contributed by atoms with E-state index in [4.69, 9.17) is 0 Å². The van der Waals surface area contributed by atoms with Crippen molar-refractivity contribution in [2.24, 2.45) is 0 Å². The monoisotopic (exact) mass is 260 g/mol. The number of halogens is 1. The first-order valence-electron chi connectivity index (χ1n) is 6.23. The van der Waals surface area contributed by atoms with Gasteiger partial charge in [0.25, 0.3) is 0 Å². The molecule has 100 valence electrons. The second-order valence-electron chi connectivity index (χ2n) is 4.57.